The molecule has 5 nitrogen and oxygen atoms in total. The van der Waals surface area contributed by atoms with E-state index < -0.39 is 6.04 Å². The third kappa shape index (κ3) is 5.64. The highest BCUT2D eigenvalue weighted by Gasteiger charge is 2.25. The van der Waals surface area contributed by atoms with Gasteiger partial charge in [-0.3, -0.25) is 20.0 Å². The zero-order chi connectivity index (χ0) is 18.2. The average Bonchev–Trinajstić information content (AvgIpc) is 2.61. The molecule has 0 unspecified atom stereocenters. The van der Waals surface area contributed by atoms with Gasteiger partial charge in [0.1, 0.15) is 6.04 Å². The lowest BCUT2D eigenvalue weighted by molar-refractivity contribution is -0.129. The molecule has 0 radical (unpaired) electrons. The predicted octanol–water partition coefficient (Wildman–Crippen LogP) is 2.54. The summed E-state index contributed by atoms with van der Waals surface area (Å²) in [5.74, 6) is -0.422. The lowest BCUT2D eigenvalue weighted by atomic mass is 10.0. The smallest absolute Gasteiger partial charge is 0.261 e. The lowest BCUT2D eigenvalue weighted by Crippen LogP contribution is -2.54. The Bertz CT molecular complexity index is 687. The molecule has 0 fully saturated rings. The Morgan fingerprint density at radius 2 is 1.52 bits per heavy atom. The monoisotopic (exact) mass is 339 g/mol. The third-order valence-corrected chi connectivity index (χ3v) is 3.89. The van der Waals surface area contributed by atoms with Crippen LogP contribution in [0.4, 0.5) is 5.69 Å². The van der Waals surface area contributed by atoms with Gasteiger partial charge >= 0.3 is 0 Å². The van der Waals surface area contributed by atoms with E-state index in [1.807, 2.05) is 74.5 Å². The highest BCUT2D eigenvalue weighted by atomic mass is 16.2. The number of rotatable bonds is 7. The minimum Gasteiger partial charge on any atom is -0.344 e. The molecule has 0 spiro atoms. The molecule has 25 heavy (non-hydrogen) atoms. The van der Waals surface area contributed by atoms with Crippen LogP contribution in [0.2, 0.25) is 0 Å². The molecule has 2 aromatic rings. The summed E-state index contributed by atoms with van der Waals surface area (Å²) in [6, 6.07) is 18.4. The summed E-state index contributed by atoms with van der Waals surface area (Å²) < 4.78 is 0. The summed E-state index contributed by atoms with van der Waals surface area (Å²) >= 11 is 0. The van der Waals surface area contributed by atoms with Crippen molar-refractivity contribution in [2.45, 2.75) is 26.3 Å². The predicted molar refractivity (Wildman–Crippen MR) is 99.9 cm³/mol. The van der Waals surface area contributed by atoms with Gasteiger partial charge in [0.15, 0.2) is 0 Å². The van der Waals surface area contributed by atoms with Crippen molar-refractivity contribution in [3.8, 4) is 0 Å². The molecule has 2 amide bonds. The average molecular weight is 339 g/mol. The van der Waals surface area contributed by atoms with E-state index in [1.165, 1.54) is 0 Å². The highest BCUT2D eigenvalue weighted by molar-refractivity contribution is 5.89. The molecule has 5 heteroatoms. The van der Waals surface area contributed by atoms with Crippen molar-refractivity contribution in [2.24, 2.45) is 5.92 Å². The summed E-state index contributed by atoms with van der Waals surface area (Å²) in [5, 5.41) is 4.50. The van der Waals surface area contributed by atoms with E-state index in [4.69, 9.17) is 0 Å². The van der Waals surface area contributed by atoms with E-state index >= 15 is 0 Å². The van der Waals surface area contributed by atoms with Gasteiger partial charge in [-0.1, -0.05) is 62.4 Å². The minimum absolute atomic E-state index is 0.0242. The molecule has 0 aromatic heterocycles. The quantitative estimate of drug-likeness (QED) is 0.762. The first-order valence-electron chi connectivity index (χ1n) is 8.40. The lowest BCUT2D eigenvalue weighted by Gasteiger charge is -2.26. The number of hydrazine groups is 1. The second-order valence-corrected chi connectivity index (χ2v) is 6.32. The zero-order valence-electron chi connectivity index (χ0n) is 14.9. The fourth-order valence-corrected chi connectivity index (χ4v) is 2.49. The van der Waals surface area contributed by atoms with E-state index in [0.717, 1.165) is 11.3 Å². The van der Waals surface area contributed by atoms with Crippen molar-refractivity contribution >= 4 is 17.5 Å². The maximum atomic E-state index is 12.6. The summed E-state index contributed by atoms with van der Waals surface area (Å²) in [4.78, 5) is 24.9. The number of anilines is 1. The zero-order valence-corrected chi connectivity index (χ0v) is 14.9. The Balaban J connectivity index is 1.97. The Kier molecular flexibility index (Phi) is 6.57. The number of hydrogen-bond donors (Lipinski definition) is 2. The van der Waals surface area contributed by atoms with E-state index in [1.54, 1.807) is 12.1 Å². The van der Waals surface area contributed by atoms with Crippen molar-refractivity contribution in [3.05, 3.63) is 66.2 Å². The third-order valence-electron chi connectivity index (χ3n) is 3.89. The molecule has 0 saturated carbocycles. The SMILES string of the molecule is CC(C)[C@H](NC(=O)Cc1ccccc1)C(=O)NN(C)c1ccccc1. The number of carbonyl (C=O) groups excluding carboxylic acids is 2. The molecule has 0 heterocycles. The fraction of sp³-hybridized carbons (Fsp3) is 0.300. The molecule has 1 atom stereocenters. The minimum atomic E-state index is -0.595. The van der Waals surface area contributed by atoms with Gasteiger partial charge < -0.3 is 5.32 Å². The molecule has 2 aromatic carbocycles. The molecular formula is C20H25N3O2. The van der Waals surface area contributed by atoms with Crippen molar-refractivity contribution in [1.29, 1.82) is 0 Å². The van der Waals surface area contributed by atoms with Crippen molar-refractivity contribution < 1.29 is 9.59 Å². The molecule has 0 aliphatic carbocycles. The van der Waals surface area contributed by atoms with Crippen LogP contribution in [0, 0.1) is 5.92 Å². The molecule has 0 aliphatic heterocycles. The van der Waals surface area contributed by atoms with Gasteiger partial charge in [0.2, 0.25) is 5.91 Å². The van der Waals surface area contributed by atoms with Gasteiger partial charge in [-0.2, -0.15) is 0 Å². The van der Waals surface area contributed by atoms with Crippen LogP contribution < -0.4 is 15.8 Å². The molecule has 0 aliphatic rings. The van der Waals surface area contributed by atoms with E-state index in [0.29, 0.717) is 0 Å². The Hall–Kier alpha value is -2.82. The number of hydrogen-bond acceptors (Lipinski definition) is 3. The van der Waals surface area contributed by atoms with Crippen LogP contribution in [0.5, 0.6) is 0 Å². The van der Waals surface area contributed by atoms with Gasteiger partial charge in [0.05, 0.1) is 12.1 Å². The van der Waals surface area contributed by atoms with Crippen LogP contribution in [0.3, 0.4) is 0 Å². The van der Waals surface area contributed by atoms with Crippen molar-refractivity contribution in [2.75, 3.05) is 12.1 Å². The van der Waals surface area contributed by atoms with Gasteiger partial charge in [0, 0.05) is 7.05 Å². The summed E-state index contributed by atoms with van der Waals surface area (Å²) in [6.45, 7) is 3.82. The second-order valence-electron chi connectivity index (χ2n) is 6.32. The van der Waals surface area contributed by atoms with Crippen LogP contribution in [-0.4, -0.2) is 24.9 Å². The maximum absolute atomic E-state index is 12.6. The van der Waals surface area contributed by atoms with Gasteiger partial charge in [0.25, 0.3) is 5.91 Å². The number of amides is 2. The number of para-hydroxylation sites is 1. The molecule has 2 rings (SSSR count). The molecular weight excluding hydrogens is 314 g/mol. The van der Waals surface area contributed by atoms with Gasteiger partial charge in [-0.05, 0) is 23.6 Å². The molecule has 132 valence electrons. The van der Waals surface area contributed by atoms with E-state index in [2.05, 4.69) is 10.7 Å². The second kappa shape index (κ2) is 8.87. The Morgan fingerprint density at radius 1 is 0.960 bits per heavy atom. The Morgan fingerprint density at radius 3 is 2.08 bits per heavy atom. The van der Waals surface area contributed by atoms with Crippen LogP contribution in [0.1, 0.15) is 19.4 Å². The van der Waals surface area contributed by atoms with Gasteiger partial charge in [-0.25, -0.2) is 0 Å². The Labute approximate surface area is 149 Å². The maximum Gasteiger partial charge on any atom is 0.261 e. The fourth-order valence-electron chi connectivity index (χ4n) is 2.49. The number of benzene rings is 2. The van der Waals surface area contributed by atoms with Crippen LogP contribution in [0.25, 0.3) is 0 Å². The summed E-state index contributed by atoms with van der Waals surface area (Å²) in [5.41, 5.74) is 4.62. The summed E-state index contributed by atoms with van der Waals surface area (Å²) in [6.07, 6.45) is 0.256. The van der Waals surface area contributed by atoms with Crippen LogP contribution in [-0.2, 0) is 16.0 Å². The number of carbonyl (C=O) groups is 2. The first-order chi connectivity index (χ1) is 12.0. The van der Waals surface area contributed by atoms with Crippen LogP contribution in [0.15, 0.2) is 60.7 Å². The molecule has 0 bridgehead atoms. The summed E-state index contributed by atoms with van der Waals surface area (Å²) in [7, 11) is 1.77. The first kappa shape index (κ1) is 18.5. The topological polar surface area (TPSA) is 61.4 Å². The largest absolute Gasteiger partial charge is 0.344 e. The standard InChI is InChI=1S/C20H25N3O2/c1-15(2)19(21-18(24)14-16-10-6-4-7-11-16)20(25)22-23(3)17-12-8-5-9-13-17/h4-13,15,19H,14H2,1-3H3,(H,21,24)(H,22,25)/t19-/m0/s1. The molecule has 0 saturated heterocycles. The number of nitrogens with zero attached hydrogens (tertiary/aromatic N) is 1. The van der Waals surface area contributed by atoms with Crippen molar-refractivity contribution in [3.63, 3.8) is 0 Å². The number of nitrogens with one attached hydrogen (secondary N) is 2. The molecule has 2 N–H and O–H groups in total. The van der Waals surface area contributed by atoms with E-state index in [9.17, 15) is 9.59 Å². The first-order valence-corrected chi connectivity index (χ1v) is 8.40. The highest BCUT2D eigenvalue weighted by Crippen LogP contribution is 2.10. The van der Waals surface area contributed by atoms with Crippen LogP contribution >= 0.6 is 0 Å². The van der Waals surface area contributed by atoms with E-state index in [-0.39, 0.29) is 24.2 Å². The van der Waals surface area contributed by atoms with Crippen molar-refractivity contribution in [1.82, 2.24) is 10.7 Å². The normalized spacial score (nSPS) is 11.7. The van der Waals surface area contributed by atoms with Gasteiger partial charge in [-0.15, -0.1) is 0 Å².